The SMILES string of the molecule is Nc1cc[n+](-c2c(F)c(F)nc(F)c2F)cc1. The lowest BCUT2D eigenvalue weighted by Gasteiger charge is -2.00. The Bertz CT molecular complexity index is 543. The van der Waals surface area contributed by atoms with Gasteiger partial charge in [-0.1, -0.05) is 0 Å². The minimum atomic E-state index is -1.71. The van der Waals surface area contributed by atoms with Gasteiger partial charge in [0.25, 0.3) is 29.2 Å². The molecule has 3 nitrogen and oxygen atoms in total. The van der Waals surface area contributed by atoms with Crippen LogP contribution < -0.4 is 10.3 Å². The number of anilines is 1. The van der Waals surface area contributed by atoms with Crippen molar-refractivity contribution in [3.8, 4) is 5.69 Å². The molecule has 0 atom stereocenters. The number of nitrogens with two attached hydrogens (primary N) is 1. The summed E-state index contributed by atoms with van der Waals surface area (Å²) in [5.74, 6) is -6.55. The van der Waals surface area contributed by atoms with Gasteiger partial charge in [0.15, 0.2) is 12.4 Å². The average Bonchev–Trinajstić information content (AvgIpc) is 2.29. The van der Waals surface area contributed by atoms with Crippen LogP contribution in [0.3, 0.4) is 0 Å². The number of aromatic nitrogens is 2. The molecule has 2 heterocycles. The number of halogens is 4. The van der Waals surface area contributed by atoms with Crippen molar-refractivity contribution in [2.24, 2.45) is 0 Å². The smallest absolute Gasteiger partial charge is 0.292 e. The fourth-order valence-corrected chi connectivity index (χ4v) is 1.29. The van der Waals surface area contributed by atoms with E-state index in [4.69, 9.17) is 5.73 Å². The van der Waals surface area contributed by atoms with Crippen molar-refractivity contribution in [3.63, 3.8) is 0 Å². The predicted molar refractivity (Wildman–Crippen MR) is 50.0 cm³/mol. The molecule has 0 unspecified atom stereocenters. The maximum Gasteiger partial charge on any atom is 0.292 e. The first-order chi connectivity index (χ1) is 8.00. The van der Waals surface area contributed by atoms with Gasteiger partial charge in [-0.15, -0.1) is 0 Å². The van der Waals surface area contributed by atoms with Gasteiger partial charge in [0.1, 0.15) is 0 Å². The summed E-state index contributed by atoms with van der Waals surface area (Å²) in [5, 5.41) is 0. The normalized spacial score (nSPS) is 10.6. The van der Waals surface area contributed by atoms with Crippen LogP contribution in [0.2, 0.25) is 0 Å². The highest BCUT2D eigenvalue weighted by Crippen LogP contribution is 2.16. The Kier molecular flexibility index (Phi) is 2.66. The summed E-state index contributed by atoms with van der Waals surface area (Å²) >= 11 is 0. The first-order valence-electron chi connectivity index (χ1n) is 4.48. The fourth-order valence-electron chi connectivity index (χ4n) is 1.29. The quantitative estimate of drug-likeness (QED) is 0.469. The van der Waals surface area contributed by atoms with Crippen LogP contribution in [0.4, 0.5) is 23.2 Å². The topological polar surface area (TPSA) is 42.8 Å². The summed E-state index contributed by atoms with van der Waals surface area (Å²) in [7, 11) is 0. The number of hydrogen-bond donors (Lipinski definition) is 1. The van der Waals surface area contributed by atoms with E-state index in [0.717, 1.165) is 4.57 Å². The molecule has 0 radical (unpaired) electrons. The second-order valence-corrected chi connectivity index (χ2v) is 3.21. The number of hydrogen-bond acceptors (Lipinski definition) is 2. The van der Waals surface area contributed by atoms with E-state index >= 15 is 0 Å². The molecule has 0 saturated carbocycles. The number of rotatable bonds is 1. The molecule has 2 N–H and O–H groups in total. The largest absolute Gasteiger partial charge is 0.398 e. The number of pyridine rings is 2. The van der Waals surface area contributed by atoms with E-state index < -0.39 is 29.2 Å². The summed E-state index contributed by atoms with van der Waals surface area (Å²) in [5.41, 5.74) is 4.84. The van der Waals surface area contributed by atoms with Crippen LogP contribution in [-0.2, 0) is 0 Å². The Morgan fingerprint density at radius 3 is 1.88 bits per heavy atom. The molecule has 0 saturated heterocycles. The van der Waals surface area contributed by atoms with E-state index in [1.165, 1.54) is 24.5 Å². The van der Waals surface area contributed by atoms with Crippen LogP contribution in [0.25, 0.3) is 5.69 Å². The van der Waals surface area contributed by atoms with Gasteiger partial charge in [-0.05, 0) is 0 Å². The summed E-state index contributed by atoms with van der Waals surface area (Å²) in [6.45, 7) is 0. The molecule has 0 aliphatic rings. The second-order valence-electron chi connectivity index (χ2n) is 3.21. The summed E-state index contributed by atoms with van der Waals surface area (Å²) in [6, 6.07) is 2.66. The molecule has 88 valence electrons. The maximum atomic E-state index is 13.3. The Balaban J connectivity index is 2.70. The van der Waals surface area contributed by atoms with Crippen molar-refractivity contribution in [1.29, 1.82) is 0 Å². The Labute approximate surface area is 93.1 Å². The molecule has 2 rings (SSSR count). The standard InChI is InChI=1S/C10H5F4N3/c11-6-8(7(12)10(14)16-9(6)13)17-3-1-5(15)2-4-17/h1-4,15H/p+1. The van der Waals surface area contributed by atoms with Crippen molar-refractivity contribution in [3.05, 3.63) is 48.1 Å². The van der Waals surface area contributed by atoms with Crippen molar-refractivity contribution in [1.82, 2.24) is 4.98 Å². The van der Waals surface area contributed by atoms with Crippen molar-refractivity contribution in [2.45, 2.75) is 0 Å². The Morgan fingerprint density at radius 2 is 1.41 bits per heavy atom. The average molecular weight is 244 g/mol. The summed E-state index contributed by atoms with van der Waals surface area (Å²) in [4.78, 5) is 2.46. The summed E-state index contributed by atoms with van der Waals surface area (Å²) < 4.78 is 53.2. The number of nitrogens with zero attached hydrogens (tertiary/aromatic N) is 2. The van der Waals surface area contributed by atoms with E-state index in [1.54, 1.807) is 0 Å². The Hall–Kier alpha value is -2.18. The van der Waals surface area contributed by atoms with E-state index in [2.05, 4.69) is 4.98 Å². The first-order valence-corrected chi connectivity index (χ1v) is 4.48. The predicted octanol–water partition coefficient (Wildman–Crippen LogP) is 1.50. The van der Waals surface area contributed by atoms with Gasteiger partial charge in [-0.25, -0.2) is 0 Å². The maximum absolute atomic E-state index is 13.3. The van der Waals surface area contributed by atoms with Gasteiger partial charge in [0.2, 0.25) is 0 Å². The monoisotopic (exact) mass is 244 g/mol. The van der Waals surface area contributed by atoms with Crippen LogP contribution in [-0.4, -0.2) is 4.98 Å². The van der Waals surface area contributed by atoms with Crippen LogP contribution in [0.5, 0.6) is 0 Å². The number of nitrogen functional groups attached to an aromatic ring is 1. The van der Waals surface area contributed by atoms with Crippen LogP contribution >= 0.6 is 0 Å². The molecule has 0 bridgehead atoms. The molecule has 0 fully saturated rings. The fraction of sp³-hybridized carbons (Fsp3) is 0. The van der Waals surface area contributed by atoms with E-state index in [9.17, 15) is 17.6 Å². The third-order valence-electron chi connectivity index (χ3n) is 2.09. The molecule has 2 aromatic heterocycles. The molecule has 0 amide bonds. The molecule has 0 aliphatic heterocycles. The summed E-state index contributed by atoms with van der Waals surface area (Å²) in [6.07, 6.45) is 2.35. The van der Waals surface area contributed by atoms with Gasteiger partial charge < -0.3 is 5.73 Å². The molecular weight excluding hydrogens is 238 g/mol. The minimum Gasteiger partial charge on any atom is -0.398 e. The first kappa shape index (κ1) is 11.3. The molecular formula is C10H6F4N3+. The van der Waals surface area contributed by atoms with Crippen LogP contribution in [0, 0.1) is 23.5 Å². The zero-order valence-corrected chi connectivity index (χ0v) is 8.29. The van der Waals surface area contributed by atoms with Gasteiger partial charge in [-0.2, -0.15) is 27.1 Å². The molecule has 0 spiro atoms. The highest BCUT2D eigenvalue weighted by Gasteiger charge is 2.28. The van der Waals surface area contributed by atoms with Crippen molar-refractivity contribution in [2.75, 3.05) is 5.73 Å². The lowest BCUT2D eigenvalue weighted by atomic mass is 10.3. The minimum absolute atomic E-state index is 0.345. The highest BCUT2D eigenvalue weighted by atomic mass is 19.2. The molecule has 2 aromatic rings. The third-order valence-corrected chi connectivity index (χ3v) is 2.09. The van der Waals surface area contributed by atoms with Crippen molar-refractivity contribution < 1.29 is 22.1 Å². The van der Waals surface area contributed by atoms with E-state index in [-0.39, 0.29) is 0 Å². The van der Waals surface area contributed by atoms with E-state index in [1.807, 2.05) is 0 Å². The van der Waals surface area contributed by atoms with E-state index in [0.29, 0.717) is 5.69 Å². The zero-order chi connectivity index (χ0) is 12.6. The molecule has 0 aromatic carbocycles. The van der Waals surface area contributed by atoms with Gasteiger partial charge in [-0.3, -0.25) is 0 Å². The second kappa shape index (κ2) is 4.00. The molecule has 0 aliphatic carbocycles. The lowest BCUT2D eigenvalue weighted by molar-refractivity contribution is -0.600. The van der Waals surface area contributed by atoms with Crippen LogP contribution in [0.1, 0.15) is 0 Å². The van der Waals surface area contributed by atoms with Gasteiger partial charge in [0.05, 0.1) is 0 Å². The van der Waals surface area contributed by atoms with Crippen molar-refractivity contribution >= 4 is 5.69 Å². The Morgan fingerprint density at radius 1 is 0.941 bits per heavy atom. The van der Waals surface area contributed by atoms with Gasteiger partial charge >= 0.3 is 0 Å². The molecule has 7 heteroatoms. The van der Waals surface area contributed by atoms with Crippen LogP contribution in [0.15, 0.2) is 24.5 Å². The zero-order valence-electron chi connectivity index (χ0n) is 8.29. The third kappa shape index (κ3) is 1.91. The lowest BCUT2D eigenvalue weighted by Crippen LogP contribution is -2.33. The molecule has 17 heavy (non-hydrogen) atoms. The highest BCUT2D eigenvalue weighted by molar-refractivity contribution is 5.33. The van der Waals surface area contributed by atoms with Gasteiger partial charge in [0, 0.05) is 17.8 Å².